The Morgan fingerprint density at radius 3 is 2.36 bits per heavy atom. The summed E-state index contributed by atoms with van der Waals surface area (Å²) in [5, 5.41) is 25.8. The second-order valence-electron chi connectivity index (χ2n) is 15.5. The van der Waals surface area contributed by atoms with Crippen molar-refractivity contribution < 1.29 is 53.1 Å². The maximum atomic E-state index is 14.2. The second-order valence-corrected chi connectivity index (χ2v) is 15.5. The largest absolute Gasteiger partial charge is 0.509 e. The predicted octanol–water partition coefficient (Wildman–Crippen LogP) is 4.53. The van der Waals surface area contributed by atoms with Gasteiger partial charge in [-0.25, -0.2) is 14.8 Å². The Hall–Kier alpha value is -3.37. The molecule has 0 amide bonds. The number of carbonyl (C=O) groups excluding carboxylic acids is 2. The lowest BCUT2D eigenvalue weighted by atomic mass is 9.73. The summed E-state index contributed by atoms with van der Waals surface area (Å²) in [5.74, 6) is -3.18. The van der Waals surface area contributed by atoms with Crippen LogP contribution in [0, 0.1) is 23.7 Å². The van der Waals surface area contributed by atoms with Gasteiger partial charge < -0.3 is 48.4 Å². The Balaban J connectivity index is 1.84. The molecule has 15 nitrogen and oxygen atoms in total. The zero-order valence-corrected chi connectivity index (χ0v) is 33.0. The number of likely N-dealkylation sites (N-methyl/N-ethyl adjacent to an activating group) is 1. The number of allylic oxidation sites excluding steroid dienone is 1. The molecule has 1 aromatic rings. The average molecular weight is 749 g/mol. The number of nitrogens with zero attached hydrogens (tertiary/aromatic N) is 4. The number of rotatable bonds is 9. The van der Waals surface area contributed by atoms with Gasteiger partial charge in [-0.1, -0.05) is 32.9 Å². The van der Waals surface area contributed by atoms with E-state index in [0.717, 1.165) is 5.56 Å². The lowest BCUT2D eigenvalue weighted by molar-refractivity contribution is -0.301. The zero-order valence-electron chi connectivity index (χ0n) is 33.0. The highest BCUT2D eigenvalue weighted by molar-refractivity contribution is 5.89. The van der Waals surface area contributed by atoms with Crippen molar-refractivity contribution in [2.24, 2.45) is 28.8 Å². The van der Waals surface area contributed by atoms with Gasteiger partial charge >= 0.3 is 12.1 Å². The fraction of sp³-hybridized carbons (Fsp3) is 0.763. The van der Waals surface area contributed by atoms with Crippen molar-refractivity contribution in [3.63, 3.8) is 0 Å². The maximum Gasteiger partial charge on any atom is 0.509 e. The van der Waals surface area contributed by atoms with E-state index in [4.69, 9.17) is 33.2 Å². The molecule has 0 aliphatic carbocycles. The Kier molecular flexibility index (Phi) is 14.3. The van der Waals surface area contributed by atoms with E-state index in [0.29, 0.717) is 25.0 Å². The molecular weight excluding hydrogens is 688 g/mol. The van der Waals surface area contributed by atoms with Gasteiger partial charge in [0.2, 0.25) is 0 Å². The molecule has 298 valence electrons. The van der Waals surface area contributed by atoms with Crippen molar-refractivity contribution >= 4 is 17.8 Å². The quantitative estimate of drug-likeness (QED) is 0.156. The third kappa shape index (κ3) is 9.30. The van der Waals surface area contributed by atoms with Crippen LogP contribution in [0.5, 0.6) is 0 Å². The van der Waals surface area contributed by atoms with E-state index in [9.17, 15) is 19.9 Å². The smallest absolute Gasteiger partial charge is 0.497 e. The number of aliphatic hydroxyl groups is 1. The van der Waals surface area contributed by atoms with Gasteiger partial charge in [0.25, 0.3) is 0 Å². The van der Waals surface area contributed by atoms with Crippen LogP contribution in [0.3, 0.4) is 0 Å². The Morgan fingerprint density at radius 1 is 1.08 bits per heavy atom. The van der Waals surface area contributed by atoms with Crippen molar-refractivity contribution in [3.8, 4) is 0 Å². The van der Waals surface area contributed by atoms with Gasteiger partial charge in [0.1, 0.15) is 24.6 Å². The molecule has 3 aliphatic heterocycles. The molecular formula is C38H60N4O11. The van der Waals surface area contributed by atoms with E-state index in [1.807, 2.05) is 53.6 Å². The first-order valence-electron chi connectivity index (χ1n) is 18.6. The number of aromatic nitrogens is 2. The van der Waals surface area contributed by atoms with E-state index in [1.54, 1.807) is 52.6 Å². The summed E-state index contributed by atoms with van der Waals surface area (Å²) in [5.41, 5.74) is -1.35. The summed E-state index contributed by atoms with van der Waals surface area (Å²) in [6.45, 7) is 14.6. The fourth-order valence-corrected chi connectivity index (χ4v) is 8.40. The number of ether oxygens (including phenoxy) is 7. The lowest BCUT2D eigenvalue weighted by Crippen LogP contribution is -2.60. The van der Waals surface area contributed by atoms with Crippen LogP contribution in [-0.2, 0) is 44.4 Å². The predicted molar refractivity (Wildman–Crippen MR) is 193 cm³/mol. The highest BCUT2D eigenvalue weighted by Gasteiger charge is 2.59. The minimum absolute atomic E-state index is 0.228. The van der Waals surface area contributed by atoms with Crippen LogP contribution in [0.2, 0.25) is 0 Å². The number of cyclic esters (lactones) is 1. The summed E-state index contributed by atoms with van der Waals surface area (Å²) in [6, 6.07) is -0.248. The normalized spacial score (nSPS) is 41.0. The Labute approximate surface area is 313 Å². The van der Waals surface area contributed by atoms with Crippen LogP contribution in [0.15, 0.2) is 36.2 Å². The van der Waals surface area contributed by atoms with Gasteiger partial charge in [-0.15, -0.1) is 0 Å². The third-order valence-corrected chi connectivity index (χ3v) is 11.4. The number of carbonyl (C=O) groups is 2. The van der Waals surface area contributed by atoms with Crippen LogP contribution in [0.4, 0.5) is 4.79 Å². The van der Waals surface area contributed by atoms with Gasteiger partial charge in [0, 0.05) is 43.3 Å². The Bertz CT molecular complexity index is 1430. The molecule has 4 rings (SSSR count). The van der Waals surface area contributed by atoms with Crippen molar-refractivity contribution in [1.29, 1.82) is 0 Å². The van der Waals surface area contributed by atoms with Crippen molar-refractivity contribution in [2.75, 3.05) is 21.2 Å². The highest BCUT2D eigenvalue weighted by atomic mass is 16.8. The average Bonchev–Trinajstić information content (AvgIpc) is 3.44. The number of fused-ring (bicyclic) bond motifs is 1. The summed E-state index contributed by atoms with van der Waals surface area (Å²) in [6.07, 6.45) is 3.05. The molecule has 14 atom stereocenters. The van der Waals surface area contributed by atoms with E-state index in [1.165, 1.54) is 6.33 Å². The second kappa shape index (κ2) is 17.8. The van der Waals surface area contributed by atoms with Gasteiger partial charge in [0.15, 0.2) is 18.0 Å². The van der Waals surface area contributed by atoms with Crippen LogP contribution in [0.1, 0.15) is 80.2 Å². The summed E-state index contributed by atoms with van der Waals surface area (Å²) >= 11 is 0. The lowest BCUT2D eigenvalue weighted by Gasteiger charge is -2.48. The SMILES string of the molecule is CC[C@H]1OC(=O)[C@H](C)[C@@H](O/C=C\Cc2cncnc2)[C@H](C)[C@@H](O[C@@H]2O[C@H](C)C[C@H](N(C)C)[C@H]2O)[C@](C)(OC)C[C@@H](C)/C(=N\O)[C@H](C)[C@H]2OC(=O)O[C@@]21C. The molecule has 0 aromatic carbocycles. The van der Waals surface area contributed by atoms with Crippen LogP contribution in [-0.4, -0.2) is 124 Å². The molecule has 3 fully saturated rings. The number of esters is 1. The molecule has 3 saturated heterocycles. The van der Waals surface area contributed by atoms with Gasteiger partial charge in [-0.2, -0.15) is 0 Å². The Morgan fingerprint density at radius 2 is 1.75 bits per heavy atom. The van der Waals surface area contributed by atoms with Crippen molar-refractivity contribution in [1.82, 2.24) is 14.9 Å². The third-order valence-electron chi connectivity index (χ3n) is 11.4. The first kappa shape index (κ1) is 42.4. The molecule has 15 heteroatoms. The summed E-state index contributed by atoms with van der Waals surface area (Å²) in [4.78, 5) is 37.1. The van der Waals surface area contributed by atoms with Crippen molar-refractivity contribution in [2.45, 2.75) is 141 Å². The topological polar surface area (TPSA) is 181 Å². The molecule has 0 radical (unpaired) electrons. The first-order valence-corrected chi connectivity index (χ1v) is 18.6. The van der Waals surface area contributed by atoms with E-state index < -0.39 is 83.8 Å². The molecule has 0 bridgehead atoms. The minimum atomic E-state index is -1.40. The van der Waals surface area contributed by atoms with Crippen molar-refractivity contribution in [3.05, 3.63) is 36.6 Å². The number of oxime groups is 1. The molecule has 1 aromatic heterocycles. The van der Waals surface area contributed by atoms with Crippen LogP contribution < -0.4 is 0 Å². The summed E-state index contributed by atoms with van der Waals surface area (Å²) in [7, 11) is 5.36. The minimum Gasteiger partial charge on any atom is -0.497 e. The molecule has 3 aliphatic rings. The van der Waals surface area contributed by atoms with Gasteiger partial charge in [-0.3, -0.25) is 4.79 Å². The standard InChI is InChI=1S/C38H60N4O11/c1-12-28-38(8)33(52-36(45)53-38)23(4)29(41-46)21(2)17-37(7,47-11)32(51-35-30(43)27(42(9)10)16-22(3)49-35)24(5)31(25(6)34(44)50-28)48-15-13-14-26-18-39-20-40-19-26/h13,15,18-25,27-28,30-33,35,43,46H,12,14,16-17H2,1-11H3/b15-13-,41-29+/t21-,22-,23+,24+,25-,27+,28-,30-,31+,32-,33-,35+,37-,38-/m1/s1. The molecule has 2 N–H and O–H groups in total. The highest BCUT2D eigenvalue weighted by Crippen LogP contribution is 2.43. The van der Waals surface area contributed by atoms with E-state index >= 15 is 0 Å². The van der Waals surface area contributed by atoms with Gasteiger partial charge in [0.05, 0.1) is 35.7 Å². The first-order chi connectivity index (χ1) is 25.0. The molecule has 0 unspecified atom stereocenters. The number of methoxy groups -OCH3 is 1. The van der Waals surface area contributed by atoms with E-state index in [-0.39, 0.29) is 18.6 Å². The molecule has 4 heterocycles. The maximum absolute atomic E-state index is 14.2. The van der Waals surface area contributed by atoms with E-state index in [2.05, 4.69) is 15.1 Å². The van der Waals surface area contributed by atoms with Gasteiger partial charge in [-0.05, 0) is 79.1 Å². The zero-order chi connectivity index (χ0) is 39.2. The fourth-order valence-electron chi connectivity index (χ4n) is 8.40. The molecule has 0 spiro atoms. The molecule has 0 saturated carbocycles. The van der Waals surface area contributed by atoms with Crippen LogP contribution >= 0.6 is 0 Å². The number of hydrogen-bond acceptors (Lipinski definition) is 15. The van der Waals surface area contributed by atoms with Crippen LogP contribution in [0.25, 0.3) is 0 Å². The number of hydrogen-bond donors (Lipinski definition) is 2. The monoisotopic (exact) mass is 748 g/mol. The number of aliphatic hydroxyl groups excluding tert-OH is 1. The summed E-state index contributed by atoms with van der Waals surface area (Å²) < 4.78 is 43.6. The molecule has 53 heavy (non-hydrogen) atoms.